The van der Waals surface area contributed by atoms with E-state index in [0.29, 0.717) is 6.42 Å². The summed E-state index contributed by atoms with van der Waals surface area (Å²) in [5.74, 6) is -2.82. The van der Waals surface area contributed by atoms with Gasteiger partial charge in [-0.05, 0) is 42.4 Å². The van der Waals surface area contributed by atoms with Crippen LogP contribution in [0, 0.1) is 17.8 Å². The Morgan fingerprint density at radius 3 is 2.20 bits per heavy atom. The summed E-state index contributed by atoms with van der Waals surface area (Å²) < 4.78 is 19.3. The molecule has 0 bridgehead atoms. The van der Waals surface area contributed by atoms with Crippen LogP contribution < -0.4 is 15.4 Å². The maximum Gasteiger partial charge on any atom is 0.265 e. The van der Waals surface area contributed by atoms with Crippen LogP contribution in [0.2, 0.25) is 0 Å². The van der Waals surface area contributed by atoms with Gasteiger partial charge in [-0.3, -0.25) is 28.6 Å². The predicted octanol–water partition coefficient (Wildman–Crippen LogP) is 4.03. The molecule has 2 aromatic carbocycles. The average molecular weight is 586 g/mol. The van der Waals surface area contributed by atoms with Gasteiger partial charge in [-0.25, -0.2) is 0 Å². The Morgan fingerprint density at radius 2 is 1.59 bits per heavy atom. The molecule has 0 saturated heterocycles. The molecule has 3 N–H and O–H groups in total. The predicted molar refractivity (Wildman–Crippen MR) is 156 cm³/mol. The second-order valence-electron chi connectivity index (χ2n) is 11.3. The van der Waals surface area contributed by atoms with E-state index in [1.165, 1.54) is 13.1 Å². The van der Waals surface area contributed by atoms with Gasteiger partial charge in [-0.1, -0.05) is 64.1 Å². The number of nitrogens with one attached hydrogen (secondary N) is 2. The van der Waals surface area contributed by atoms with Crippen LogP contribution in [0.25, 0.3) is 0 Å². The number of carbonyl (C=O) groups excluding carboxylic acids is 4. The van der Waals surface area contributed by atoms with Crippen molar-refractivity contribution in [3.8, 4) is 5.75 Å². The summed E-state index contributed by atoms with van der Waals surface area (Å²) in [6.07, 6.45) is -0.480. The van der Waals surface area contributed by atoms with Gasteiger partial charge < -0.3 is 20.3 Å². The molecule has 3 rings (SSSR count). The van der Waals surface area contributed by atoms with Gasteiger partial charge in [0.1, 0.15) is 24.7 Å². The molecule has 0 fully saturated rings. The number of fused-ring (bicyclic) bond motifs is 1. The molecule has 10 nitrogen and oxygen atoms in total. The largest absolute Gasteiger partial charge is 0.488 e. The Labute approximate surface area is 241 Å². The number of hydrogen-bond acceptors (Lipinski definition) is 6. The summed E-state index contributed by atoms with van der Waals surface area (Å²) in [6.45, 7) is 7.80. The van der Waals surface area contributed by atoms with Gasteiger partial charge in [-0.2, -0.15) is 0 Å². The summed E-state index contributed by atoms with van der Waals surface area (Å²) >= 11 is 0. The zero-order valence-corrected chi connectivity index (χ0v) is 25.1. The highest BCUT2D eigenvalue weighted by molar-refractivity contribution is 7.58. The number of benzene rings is 2. The normalized spacial score (nSPS) is 15.9. The van der Waals surface area contributed by atoms with Crippen molar-refractivity contribution in [3.63, 3.8) is 0 Å². The van der Waals surface area contributed by atoms with E-state index >= 15 is 0 Å². The van der Waals surface area contributed by atoms with Crippen LogP contribution >= 0.6 is 7.37 Å². The molecule has 222 valence electrons. The monoisotopic (exact) mass is 585 g/mol. The summed E-state index contributed by atoms with van der Waals surface area (Å²) in [7, 11) is -2.73. The van der Waals surface area contributed by atoms with Crippen molar-refractivity contribution in [2.45, 2.75) is 53.2 Å². The molecule has 1 heterocycles. The zero-order valence-electron chi connectivity index (χ0n) is 24.3. The van der Waals surface area contributed by atoms with Crippen LogP contribution in [-0.4, -0.2) is 59.0 Å². The number of amides is 4. The molecule has 3 atom stereocenters. The smallest absolute Gasteiger partial charge is 0.265 e. The Bertz CT molecular complexity index is 1310. The van der Waals surface area contributed by atoms with Crippen LogP contribution in [0.4, 0.5) is 0 Å². The minimum absolute atomic E-state index is 0.0120. The fourth-order valence-corrected chi connectivity index (χ4v) is 6.73. The Hall–Kier alpha value is -3.49. The van der Waals surface area contributed by atoms with Gasteiger partial charge in [0, 0.05) is 19.1 Å². The van der Waals surface area contributed by atoms with Crippen molar-refractivity contribution in [2.24, 2.45) is 17.8 Å². The Balaban J connectivity index is 1.76. The van der Waals surface area contributed by atoms with E-state index in [2.05, 4.69) is 10.6 Å². The van der Waals surface area contributed by atoms with E-state index in [-0.39, 0.29) is 47.6 Å². The highest BCUT2D eigenvalue weighted by Gasteiger charge is 2.42. The number of likely N-dealkylation sites (N-methyl/N-ethyl adjacent to an activating group) is 1. The van der Waals surface area contributed by atoms with Crippen LogP contribution in [0.3, 0.4) is 0 Å². The van der Waals surface area contributed by atoms with Crippen LogP contribution in [-0.2, 0) is 20.8 Å². The van der Waals surface area contributed by atoms with Crippen molar-refractivity contribution in [1.82, 2.24) is 15.5 Å². The molecule has 11 heteroatoms. The molecule has 1 aliphatic heterocycles. The maximum atomic E-state index is 13.5. The van der Waals surface area contributed by atoms with Gasteiger partial charge in [0.2, 0.25) is 19.2 Å². The highest BCUT2D eigenvalue weighted by atomic mass is 31.2. The molecule has 0 aromatic heterocycles. The second-order valence-corrected chi connectivity index (χ2v) is 13.6. The van der Waals surface area contributed by atoms with Gasteiger partial charge >= 0.3 is 0 Å². The Kier molecular flexibility index (Phi) is 10.9. The van der Waals surface area contributed by atoms with Crippen molar-refractivity contribution in [1.29, 1.82) is 0 Å². The standard InChI is InChI=1S/C30H40N3O7P/c1-19(2)14-22(27(34)32-24(15-20(3)4)28(35)31-5)17-41(38,39)18-33-29(36)23-12-9-13-25(26(23)30(33)37)40-16-21-10-7-6-8-11-21/h6-13,19-20,22,24H,14-18H2,1-5H3,(H,31,35)(H,32,34)(H,38,39)/t22?,24-/m0/s1. The molecule has 0 radical (unpaired) electrons. The first-order chi connectivity index (χ1) is 19.3. The summed E-state index contributed by atoms with van der Waals surface area (Å²) in [5, 5.41) is 5.28. The van der Waals surface area contributed by atoms with Crippen LogP contribution in [0.5, 0.6) is 5.75 Å². The van der Waals surface area contributed by atoms with E-state index < -0.39 is 49.5 Å². The summed E-state index contributed by atoms with van der Waals surface area (Å²) in [5.41, 5.74) is 1.02. The number of nitrogens with zero attached hydrogens (tertiary/aromatic N) is 1. The molecule has 0 spiro atoms. The Morgan fingerprint density at radius 1 is 0.927 bits per heavy atom. The van der Waals surface area contributed by atoms with E-state index in [4.69, 9.17) is 4.74 Å². The summed E-state index contributed by atoms with van der Waals surface area (Å²) in [6, 6.07) is 13.2. The number of ether oxygens (including phenoxy) is 1. The lowest BCUT2D eigenvalue weighted by molar-refractivity contribution is -0.131. The molecule has 4 amide bonds. The van der Waals surface area contributed by atoms with Gasteiger partial charge in [0.25, 0.3) is 11.8 Å². The first-order valence-electron chi connectivity index (χ1n) is 13.8. The number of carbonyl (C=O) groups is 4. The number of hydrogen-bond donors (Lipinski definition) is 3. The molecule has 2 aromatic rings. The fourth-order valence-electron chi connectivity index (χ4n) is 4.91. The SMILES string of the molecule is CNC(=O)[C@H](CC(C)C)NC(=O)C(CC(C)C)CP(=O)(O)CN1C(=O)c2cccc(OCc3ccccc3)c2C1=O. The van der Waals surface area contributed by atoms with Crippen molar-refractivity contribution in [3.05, 3.63) is 65.2 Å². The molecule has 1 aliphatic rings. The van der Waals surface area contributed by atoms with Gasteiger partial charge in [0.15, 0.2) is 0 Å². The van der Waals surface area contributed by atoms with E-state index in [9.17, 15) is 28.6 Å². The fraction of sp³-hybridized carbons (Fsp3) is 0.467. The zero-order chi connectivity index (χ0) is 30.3. The highest BCUT2D eigenvalue weighted by Crippen LogP contribution is 2.46. The molecule has 2 unspecified atom stereocenters. The third-order valence-corrected chi connectivity index (χ3v) is 8.52. The third-order valence-electron chi connectivity index (χ3n) is 6.78. The minimum atomic E-state index is -4.21. The van der Waals surface area contributed by atoms with E-state index in [1.54, 1.807) is 12.1 Å². The topological polar surface area (TPSA) is 142 Å². The third kappa shape index (κ3) is 8.50. The lowest BCUT2D eigenvalue weighted by Crippen LogP contribution is -2.49. The van der Waals surface area contributed by atoms with Crippen molar-refractivity contribution in [2.75, 3.05) is 19.5 Å². The summed E-state index contributed by atoms with van der Waals surface area (Å²) in [4.78, 5) is 63.9. The van der Waals surface area contributed by atoms with Gasteiger partial charge in [-0.15, -0.1) is 0 Å². The van der Waals surface area contributed by atoms with Crippen LogP contribution in [0.1, 0.15) is 66.8 Å². The van der Waals surface area contributed by atoms with Crippen molar-refractivity contribution < 1.29 is 33.4 Å². The molecule has 0 saturated carbocycles. The minimum Gasteiger partial charge on any atom is -0.488 e. The first-order valence-corrected chi connectivity index (χ1v) is 15.8. The molecule has 41 heavy (non-hydrogen) atoms. The second kappa shape index (κ2) is 13.9. The lowest BCUT2D eigenvalue weighted by Gasteiger charge is -2.26. The molecular formula is C30H40N3O7P. The van der Waals surface area contributed by atoms with Gasteiger partial charge in [0.05, 0.1) is 11.1 Å². The quantitative estimate of drug-likeness (QED) is 0.225. The molecular weight excluding hydrogens is 545 g/mol. The average Bonchev–Trinajstić information content (AvgIpc) is 3.15. The van der Waals surface area contributed by atoms with E-state index in [1.807, 2.05) is 58.0 Å². The number of imide groups is 1. The number of rotatable bonds is 14. The van der Waals surface area contributed by atoms with E-state index in [0.717, 1.165) is 10.5 Å². The van der Waals surface area contributed by atoms with Crippen LogP contribution in [0.15, 0.2) is 48.5 Å². The molecule has 0 aliphatic carbocycles. The maximum absolute atomic E-state index is 13.5. The lowest BCUT2D eigenvalue weighted by atomic mass is 9.96. The first kappa shape index (κ1) is 32.0. The van der Waals surface area contributed by atoms with Crippen molar-refractivity contribution >= 4 is 31.0 Å².